The Balaban J connectivity index is 2.42. The first-order valence-electron chi connectivity index (χ1n) is 8.55. The van der Waals surface area contributed by atoms with E-state index in [-0.39, 0.29) is 5.78 Å². The molecule has 1 fully saturated rings. The second-order valence-corrected chi connectivity index (χ2v) is 6.16. The maximum Gasteiger partial charge on any atom is 0.316 e. The van der Waals surface area contributed by atoms with Gasteiger partial charge >= 0.3 is 5.97 Å². The third-order valence-corrected chi connectivity index (χ3v) is 4.23. The van der Waals surface area contributed by atoms with Gasteiger partial charge in [-0.15, -0.1) is 0 Å². The Bertz CT molecular complexity index is 424. The molecule has 0 spiro atoms. The lowest BCUT2D eigenvalue weighted by Crippen LogP contribution is -2.23. The fourth-order valence-corrected chi connectivity index (χ4v) is 2.81. The Labute approximate surface area is 134 Å². The van der Waals surface area contributed by atoms with Crippen LogP contribution in [-0.2, 0) is 14.3 Å². The number of hydrogen-bond acceptors (Lipinski definition) is 3. The van der Waals surface area contributed by atoms with Crippen molar-refractivity contribution < 1.29 is 14.3 Å². The van der Waals surface area contributed by atoms with E-state index in [1.807, 2.05) is 6.08 Å². The first-order chi connectivity index (χ1) is 10.5. The molecule has 1 saturated carbocycles. The quantitative estimate of drug-likeness (QED) is 0.369. The molecule has 124 valence electrons. The van der Waals surface area contributed by atoms with Gasteiger partial charge in [-0.05, 0) is 65.7 Å². The maximum atomic E-state index is 11.7. The summed E-state index contributed by atoms with van der Waals surface area (Å²) >= 11 is 0. The number of ether oxygens (including phenoxy) is 1. The average Bonchev–Trinajstić information content (AvgIpc) is 2.48. The van der Waals surface area contributed by atoms with Crippen molar-refractivity contribution in [3.8, 4) is 0 Å². The Morgan fingerprint density at radius 2 is 1.86 bits per heavy atom. The summed E-state index contributed by atoms with van der Waals surface area (Å²) in [6, 6.07) is 0. The molecule has 1 aliphatic rings. The number of carbonyl (C=O) groups is 2. The fourth-order valence-electron chi connectivity index (χ4n) is 2.81. The number of Topliss-reactive ketones (excluding diaryl/α,β-unsaturated/α-hetero) is 1. The largest absolute Gasteiger partial charge is 0.465 e. The monoisotopic (exact) mass is 306 g/mol. The molecule has 0 amide bonds. The summed E-state index contributed by atoms with van der Waals surface area (Å²) in [7, 11) is 0. The molecule has 0 aromatic rings. The highest BCUT2D eigenvalue weighted by Gasteiger charge is 2.23. The van der Waals surface area contributed by atoms with Crippen molar-refractivity contribution >= 4 is 11.8 Å². The minimum absolute atomic E-state index is 0.119. The molecule has 1 atom stereocenters. The van der Waals surface area contributed by atoms with Crippen LogP contribution in [-0.4, -0.2) is 18.4 Å². The first-order valence-corrected chi connectivity index (χ1v) is 8.55. The Kier molecular flexibility index (Phi) is 8.79. The summed E-state index contributed by atoms with van der Waals surface area (Å²) in [6.45, 7) is 5.60. The van der Waals surface area contributed by atoms with Crippen LogP contribution >= 0.6 is 0 Å². The van der Waals surface area contributed by atoms with Crippen molar-refractivity contribution in [2.24, 2.45) is 5.92 Å². The van der Waals surface area contributed by atoms with Crippen molar-refractivity contribution in [3.63, 3.8) is 0 Å². The summed E-state index contributed by atoms with van der Waals surface area (Å²) in [6.07, 6.45) is 13.5. The van der Waals surface area contributed by atoms with E-state index in [9.17, 15) is 9.59 Å². The van der Waals surface area contributed by atoms with Gasteiger partial charge in [0.25, 0.3) is 0 Å². The first kappa shape index (κ1) is 18.7. The van der Waals surface area contributed by atoms with Gasteiger partial charge in [0.05, 0.1) is 6.61 Å². The van der Waals surface area contributed by atoms with E-state index in [1.165, 1.54) is 44.6 Å². The van der Waals surface area contributed by atoms with Crippen LogP contribution in [0.2, 0.25) is 0 Å². The molecule has 22 heavy (non-hydrogen) atoms. The van der Waals surface area contributed by atoms with E-state index in [0.717, 1.165) is 12.8 Å². The number of esters is 1. The molecule has 0 aromatic carbocycles. The molecule has 0 aromatic heterocycles. The molecule has 0 heterocycles. The lowest BCUT2D eigenvalue weighted by atomic mass is 9.93. The van der Waals surface area contributed by atoms with E-state index < -0.39 is 11.9 Å². The zero-order valence-corrected chi connectivity index (χ0v) is 14.3. The lowest BCUT2D eigenvalue weighted by molar-refractivity contribution is -0.150. The topological polar surface area (TPSA) is 43.4 Å². The second-order valence-electron chi connectivity index (χ2n) is 6.16. The molecule has 0 bridgehead atoms. The molecular weight excluding hydrogens is 276 g/mol. The third kappa shape index (κ3) is 7.06. The highest BCUT2D eigenvalue weighted by atomic mass is 16.5. The number of hydrogen-bond donors (Lipinski definition) is 0. The van der Waals surface area contributed by atoms with E-state index in [0.29, 0.717) is 13.0 Å². The summed E-state index contributed by atoms with van der Waals surface area (Å²) < 4.78 is 4.96. The normalized spacial score (nSPS) is 17.0. The van der Waals surface area contributed by atoms with Gasteiger partial charge < -0.3 is 4.74 Å². The average molecular weight is 306 g/mol. The smallest absolute Gasteiger partial charge is 0.316 e. The zero-order valence-electron chi connectivity index (χ0n) is 14.3. The van der Waals surface area contributed by atoms with Gasteiger partial charge in [0.15, 0.2) is 0 Å². The van der Waals surface area contributed by atoms with Gasteiger partial charge in [0.2, 0.25) is 0 Å². The van der Waals surface area contributed by atoms with E-state index in [2.05, 4.69) is 13.0 Å². The lowest BCUT2D eigenvalue weighted by Gasteiger charge is -2.13. The van der Waals surface area contributed by atoms with Crippen molar-refractivity contribution in [1.29, 1.82) is 0 Å². The van der Waals surface area contributed by atoms with Crippen LogP contribution in [0.3, 0.4) is 0 Å². The molecule has 0 radical (unpaired) electrons. The van der Waals surface area contributed by atoms with Crippen LogP contribution in [0, 0.1) is 5.92 Å². The second kappa shape index (κ2) is 10.4. The summed E-state index contributed by atoms with van der Waals surface area (Å²) in [5, 5.41) is 0. The number of rotatable bonds is 8. The zero-order chi connectivity index (χ0) is 16.4. The Morgan fingerprint density at radius 1 is 1.18 bits per heavy atom. The van der Waals surface area contributed by atoms with Gasteiger partial charge in [-0.25, -0.2) is 0 Å². The highest BCUT2D eigenvalue weighted by molar-refractivity contribution is 5.97. The van der Waals surface area contributed by atoms with Crippen molar-refractivity contribution in [3.05, 3.63) is 23.3 Å². The van der Waals surface area contributed by atoms with Gasteiger partial charge in [0.1, 0.15) is 11.7 Å². The SMILES string of the molecule is CCOC(=O)C(C/C=C(\C)CCC=C1CCCCC1)C(C)=O. The van der Waals surface area contributed by atoms with E-state index in [1.54, 1.807) is 12.5 Å². The Hall–Kier alpha value is -1.38. The van der Waals surface area contributed by atoms with E-state index >= 15 is 0 Å². The predicted molar refractivity (Wildman–Crippen MR) is 89.6 cm³/mol. The molecule has 0 saturated heterocycles. The van der Waals surface area contributed by atoms with Gasteiger partial charge in [-0.3, -0.25) is 9.59 Å². The molecule has 0 aliphatic heterocycles. The van der Waals surface area contributed by atoms with Gasteiger partial charge in [-0.1, -0.05) is 29.7 Å². The third-order valence-electron chi connectivity index (χ3n) is 4.23. The van der Waals surface area contributed by atoms with Crippen LogP contribution < -0.4 is 0 Å². The minimum atomic E-state index is -0.647. The van der Waals surface area contributed by atoms with Crippen LogP contribution in [0.4, 0.5) is 0 Å². The minimum Gasteiger partial charge on any atom is -0.465 e. The van der Waals surface area contributed by atoms with Gasteiger partial charge in [-0.2, -0.15) is 0 Å². The molecular formula is C19H30O3. The molecule has 3 nitrogen and oxygen atoms in total. The number of carbonyl (C=O) groups excluding carboxylic acids is 2. The fraction of sp³-hybridized carbons (Fsp3) is 0.684. The van der Waals surface area contributed by atoms with Crippen LogP contribution in [0.5, 0.6) is 0 Å². The van der Waals surface area contributed by atoms with Crippen LogP contribution in [0.25, 0.3) is 0 Å². The predicted octanol–water partition coefficient (Wildman–Crippen LogP) is 4.76. The standard InChI is InChI=1S/C19H30O3/c1-4-22-19(21)18(16(3)20)14-13-15(2)9-8-12-17-10-6-5-7-11-17/h12-13,18H,4-11,14H2,1-3H3/b15-13+. The molecule has 0 N–H and O–H groups in total. The molecule has 1 unspecified atom stereocenters. The highest BCUT2D eigenvalue weighted by Crippen LogP contribution is 2.23. The van der Waals surface area contributed by atoms with Crippen molar-refractivity contribution in [2.75, 3.05) is 6.61 Å². The van der Waals surface area contributed by atoms with Crippen LogP contribution in [0.15, 0.2) is 23.3 Å². The number of ketones is 1. The van der Waals surface area contributed by atoms with Crippen molar-refractivity contribution in [1.82, 2.24) is 0 Å². The number of allylic oxidation sites excluding steroid dienone is 4. The Morgan fingerprint density at radius 3 is 2.45 bits per heavy atom. The van der Waals surface area contributed by atoms with Crippen molar-refractivity contribution in [2.45, 2.75) is 72.1 Å². The van der Waals surface area contributed by atoms with Crippen LogP contribution in [0.1, 0.15) is 72.1 Å². The molecule has 1 rings (SSSR count). The summed E-state index contributed by atoms with van der Waals surface area (Å²) in [5.41, 5.74) is 2.84. The summed E-state index contributed by atoms with van der Waals surface area (Å²) in [4.78, 5) is 23.3. The molecule has 1 aliphatic carbocycles. The van der Waals surface area contributed by atoms with Gasteiger partial charge in [0, 0.05) is 0 Å². The summed E-state index contributed by atoms with van der Waals surface area (Å²) in [5.74, 6) is -1.17. The van der Waals surface area contributed by atoms with E-state index in [4.69, 9.17) is 4.74 Å². The molecule has 3 heteroatoms. The maximum absolute atomic E-state index is 11.7.